The third-order valence-electron chi connectivity index (χ3n) is 5.03. The number of anilines is 1. The van der Waals surface area contributed by atoms with Crippen LogP contribution in [0.2, 0.25) is 0 Å². The second kappa shape index (κ2) is 8.39. The van der Waals surface area contributed by atoms with Crippen LogP contribution >= 0.6 is 0 Å². The molecule has 1 heterocycles. The number of aliphatic carboxylic acids is 1. The Labute approximate surface area is 169 Å². The van der Waals surface area contributed by atoms with E-state index in [1.54, 1.807) is 12.1 Å². The van der Waals surface area contributed by atoms with Gasteiger partial charge >= 0.3 is 5.97 Å². The quantitative estimate of drug-likeness (QED) is 0.515. The maximum absolute atomic E-state index is 11.9. The van der Waals surface area contributed by atoms with E-state index in [9.17, 15) is 14.7 Å². The molecule has 3 aromatic rings. The zero-order valence-electron chi connectivity index (χ0n) is 16.9. The molecule has 0 spiro atoms. The number of phenols is 1. The lowest BCUT2D eigenvalue weighted by Crippen LogP contribution is -2.16. The molecule has 0 fully saturated rings. The van der Waals surface area contributed by atoms with Crippen molar-refractivity contribution in [3.63, 3.8) is 0 Å². The molecule has 0 saturated heterocycles. The lowest BCUT2D eigenvalue weighted by molar-refractivity contribution is -0.139. The third kappa shape index (κ3) is 4.42. The van der Waals surface area contributed by atoms with Gasteiger partial charge in [0, 0.05) is 17.6 Å². The fourth-order valence-electron chi connectivity index (χ4n) is 3.61. The number of carbonyl (C=O) groups excluding carboxylic acids is 1. The number of phenolic OH excluding ortho intramolecular Hbond substituents is 1. The van der Waals surface area contributed by atoms with Crippen LogP contribution in [0.25, 0.3) is 10.9 Å². The molecule has 0 aliphatic heterocycles. The normalized spacial score (nSPS) is 11.2. The molecule has 1 aromatic heterocycles. The van der Waals surface area contributed by atoms with Crippen molar-refractivity contribution < 1.29 is 19.8 Å². The molecular formula is C23H26N2O4. The highest BCUT2D eigenvalue weighted by Crippen LogP contribution is 2.30. The molecule has 2 aromatic carbocycles. The number of carbonyl (C=O) groups is 2. The van der Waals surface area contributed by atoms with E-state index in [4.69, 9.17) is 5.11 Å². The maximum Gasteiger partial charge on any atom is 0.312 e. The van der Waals surface area contributed by atoms with E-state index in [0.29, 0.717) is 18.0 Å². The third-order valence-corrected chi connectivity index (χ3v) is 5.03. The van der Waals surface area contributed by atoms with Gasteiger partial charge in [0.2, 0.25) is 5.91 Å². The largest absolute Gasteiger partial charge is 0.508 e. The summed E-state index contributed by atoms with van der Waals surface area (Å²) >= 11 is 0. The summed E-state index contributed by atoms with van der Waals surface area (Å²) in [6, 6.07) is 13.4. The Morgan fingerprint density at radius 2 is 1.90 bits per heavy atom. The second-order valence-electron chi connectivity index (χ2n) is 7.48. The highest BCUT2D eigenvalue weighted by atomic mass is 16.4. The van der Waals surface area contributed by atoms with Crippen molar-refractivity contribution in [2.24, 2.45) is 0 Å². The second-order valence-corrected chi connectivity index (χ2v) is 7.48. The molecule has 1 amide bonds. The molecule has 0 saturated carbocycles. The minimum atomic E-state index is -1.16. The number of rotatable bonds is 7. The molecule has 6 heteroatoms. The molecule has 3 rings (SSSR count). The number of fused-ring (bicyclic) bond motifs is 1. The van der Waals surface area contributed by atoms with Crippen LogP contribution in [-0.2, 0) is 22.6 Å². The Balaban J connectivity index is 2.00. The Hall–Kier alpha value is -3.28. The van der Waals surface area contributed by atoms with Crippen LogP contribution in [0, 0.1) is 0 Å². The molecule has 0 bridgehead atoms. The number of amides is 1. The summed E-state index contributed by atoms with van der Waals surface area (Å²) < 4.78 is 2.19. The number of aryl methyl sites for hydroxylation is 1. The van der Waals surface area contributed by atoms with Crippen LogP contribution < -0.4 is 5.32 Å². The lowest BCUT2D eigenvalue weighted by Gasteiger charge is -2.14. The fraction of sp³-hybridized carbons (Fsp3) is 0.304. The maximum atomic E-state index is 11.9. The SMILES string of the molecule is CCc1cc2c(NC(=O)CC(=O)O)cccc2n1Cc1ccc(O)c(C(C)C)c1. The molecule has 6 nitrogen and oxygen atoms in total. The van der Waals surface area contributed by atoms with Crippen LogP contribution in [-0.4, -0.2) is 26.7 Å². The molecule has 3 N–H and O–H groups in total. The van der Waals surface area contributed by atoms with E-state index in [-0.39, 0.29) is 5.92 Å². The predicted octanol–water partition coefficient (Wildman–Crippen LogP) is 4.49. The standard InChI is InChI=1S/C23H26N2O4/c1-4-16-11-18-19(24-22(27)12-23(28)29)6-5-7-20(18)25(16)13-15-8-9-21(26)17(10-15)14(2)3/h5-11,14,26H,4,12-13H2,1-3H3,(H,24,27)(H,28,29). The van der Waals surface area contributed by atoms with Gasteiger partial charge in [-0.25, -0.2) is 0 Å². The minimum Gasteiger partial charge on any atom is -0.508 e. The highest BCUT2D eigenvalue weighted by molar-refractivity contribution is 6.06. The Bertz CT molecular complexity index is 1070. The van der Waals surface area contributed by atoms with Crippen molar-refractivity contribution in [3.8, 4) is 5.75 Å². The summed E-state index contributed by atoms with van der Waals surface area (Å²) in [5.41, 5.74) is 4.68. The Kier molecular flexibility index (Phi) is 5.92. The van der Waals surface area contributed by atoms with Crippen LogP contribution in [0.5, 0.6) is 5.75 Å². The average Bonchev–Trinajstić information content (AvgIpc) is 3.01. The lowest BCUT2D eigenvalue weighted by atomic mass is 9.99. The van der Waals surface area contributed by atoms with Crippen molar-refractivity contribution in [3.05, 3.63) is 59.3 Å². The van der Waals surface area contributed by atoms with Gasteiger partial charge in [0.05, 0.1) is 11.2 Å². The zero-order chi connectivity index (χ0) is 21.1. The molecule has 0 unspecified atom stereocenters. The van der Waals surface area contributed by atoms with Crippen LogP contribution in [0.15, 0.2) is 42.5 Å². The summed E-state index contributed by atoms with van der Waals surface area (Å²) in [5.74, 6) is -1.18. The summed E-state index contributed by atoms with van der Waals surface area (Å²) in [7, 11) is 0. The first-order valence-electron chi connectivity index (χ1n) is 9.74. The van der Waals surface area contributed by atoms with Crippen molar-refractivity contribution in [2.75, 3.05) is 5.32 Å². The molecule has 0 aliphatic carbocycles. The smallest absolute Gasteiger partial charge is 0.312 e. The number of carboxylic acids is 1. The number of aromatic hydroxyl groups is 1. The first-order valence-corrected chi connectivity index (χ1v) is 9.74. The average molecular weight is 394 g/mol. The van der Waals surface area contributed by atoms with Crippen LogP contribution in [0.4, 0.5) is 5.69 Å². The van der Waals surface area contributed by atoms with E-state index in [2.05, 4.69) is 16.8 Å². The van der Waals surface area contributed by atoms with Crippen molar-refractivity contribution in [1.82, 2.24) is 4.57 Å². The predicted molar refractivity (Wildman–Crippen MR) is 113 cm³/mol. The van der Waals surface area contributed by atoms with Gasteiger partial charge in [-0.15, -0.1) is 0 Å². The van der Waals surface area contributed by atoms with Gasteiger partial charge in [-0.05, 0) is 47.7 Å². The highest BCUT2D eigenvalue weighted by Gasteiger charge is 2.15. The molecule has 152 valence electrons. The molecule has 0 radical (unpaired) electrons. The molecule has 29 heavy (non-hydrogen) atoms. The number of carboxylic acid groups (broad SMARTS) is 1. The van der Waals surface area contributed by atoms with Gasteiger partial charge in [0.1, 0.15) is 12.2 Å². The van der Waals surface area contributed by atoms with E-state index < -0.39 is 18.3 Å². The molecular weight excluding hydrogens is 368 g/mol. The van der Waals surface area contributed by atoms with Gasteiger partial charge in [-0.2, -0.15) is 0 Å². The summed E-state index contributed by atoms with van der Waals surface area (Å²) in [6.45, 7) is 6.81. The van der Waals surface area contributed by atoms with E-state index in [0.717, 1.165) is 34.1 Å². The topological polar surface area (TPSA) is 91.6 Å². The van der Waals surface area contributed by atoms with Gasteiger partial charge in [0.15, 0.2) is 0 Å². The van der Waals surface area contributed by atoms with E-state index in [1.807, 2.05) is 44.2 Å². The number of nitrogens with one attached hydrogen (secondary N) is 1. The van der Waals surface area contributed by atoms with Crippen molar-refractivity contribution in [2.45, 2.75) is 46.1 Å². The number of benzene rings is 2. The summed E-state index contributed by atoms with van der Waals surface area (Å²) in [6.07, 6.45) is 0.246. The van der Waals surface area contributed by atoms with Crippen LogP contribution in [0.1, 0.15) is 49.9 Å². The first kappa shape index (κ1) is 20.5. The van der Waals surface area contributed by atoms with Gasteiger partial charge in [-0.1, -0.05) is 39.0 Å². The van der Waals surface area contributed by atoms with E-state index >= 15 is 0 Å². The summed E-state index contributed by atoms with van der Waals surface area (Å²) in [5, 5.41) is 22.5. The Morgan fingerprint density at radius 3 is 2.55 bits per heavy atom. The number of aromatic nitrogens is 1. The summed E-state index contributed by atoms with van der Waals surface area (Å²) in [4.78, 5) is 22.7. The molecule has 0 aliphatic rings. The number of hydrogen-bond acceptors (Lipinski definition) is 3. The van der Waals surface area contributed by atoms with Crippen molar-refractivity contribution in [1.29, 1.82) is 0 Å². The minimum absolute atomic E-state index is 0.220. The number of nitrogens with zero attached hydrogens (tertiary/aromatic N) is 1. The van der Waals surface area contributed by atoms with E-state index in [1.165, 1.54) is 0 Å². The van der Waals surface area contributed by atoms with Gasteiger partial charge in [-0.3, -0.25) is 9.59 Å². The Morgan fingerprint density at radius 1 is 1.14 bits per heavy atom. The number of hydrogen-bond donors (Lipinski definition) is 3. The monoisotopic (exact) mass is 394 g/mol. The van der Waals surface area contributed by atoms with Crippen LogP contribution in [0.3, 0.4) is 0 Å². The zero-order valence-corrected chi connectivity index (χ0v) is 16.9. The van der Waals surface area contributed by atoms with Gasteiger partial charge in [0.25, 0.3) is 0 Å². The fourth-order valence-corrected chi connectivity index (χ4v) is 3.61. The molecule has 0 atom stereocenters. The van der Waals surface area contributed by atoms with Crippen molar-refractivity contribution >= 4 is 28.5 Å². The first-order chi connectivity index (χ1) is 13.8. The van der Waals surface area contributed by atoms with Gasteiger partial charge < -0.3 is 20.1 Å².